The number of halogens is 1. The van der Waals surface area contributed by atoms with Gasteiger partial charge in [-0.25, -0.2) is 0 Å². The molecule has 0 aliphatic rings. The van der Waals surface area contributed by atoms with Crippen LogP contribution in [0.15, 0.2) is 52.5 Å². The summed E-state index contributed by atoms with van der Waals surface area (Å²) in [6.45, 7) is 0. The van der Waals surface area contributed by atoms with Gasteiger partial charge in [-0.15, -0.1) is 0 Å². The Hall–Kier alpha value is -2.14. The summed E-state index contributed by atoms with van der Waals surface area (Å²) in [5, 5.41) is -0.313. The van der Waals surface area contributed by atoms with Crippen LogP contribution in [0.3, 0.4) is 0 Å². The molecule has 0 fully saturated rings. The second-order valence-electron chi connectivity index (χ2n) is 4.23. The number of nitrogens with two attached hydrogens (primary N) is 1. The van der Waals surface area contributed by atoms with Gasteiger partial charge in [0.15, 0.2) is 16.7 Å². The molecule has 2 aromatic carbocycles. The lowest BCUT2D eigenvalue weighted by molar-refractivity contribution is 0.355. The molecule has 0 spiro atoms. The molecule has 0 aromatic heterocycles. The van der Waals surface area contributed by atoms with Crippen molar-refractivity contribution >= 4 is 23.5 Å². The monoisotopic (exact) mass is 305 g/mol. The maximum absolute atomic E-state index is 14.0. The first-order valence-electron chi connectivity index (χ1n) is 6.25. The molecule has 0 aliphatic carbocycles. The molecule has 21 heavy (non-hydrogen) atoms. The van der Waals surface area contributed by atoms with Crippen LogP contribution < -0.4 is 15.2 Å². The van der Waals surface area contributed by atoms with Gasteiger partial charge in [-0.3, -0.25) is 0 Å². The molecule has 2 N–H and O–H groups in total. The van der Waals surface area contributed by atoms with Crippen LogP contribution in [0.5, 0.6) is 11.5 Å². The molecule has 0 saturated heterocycles. The van der Waals surface area contributed by atoms with Gasteiger partial charge < -0.3 is 15.2 Å². The van der Waals surface area contributed by atoms with Gasteiger partial charge in [-0.2, -0.15) is 4.39 Å². The Morgan fingerprint density at radius 1 is 1.05 bits per heavy atom. The van der Waals surface area contributed by atoms with Gasteiger partial charge in [0, 0.05) is 10.6 Å². The molecule has 2 aromatic rings. The summed E-state index contributed by atoms with van der Waals surface area (Å²) in [5.41, 5.74) is 6.96. The van der Waals surface area contributed by atoms with Crippen molar-refractivity contribution in [3.8, 4) is 11.5 Å². The Labute approximate surface area is 127 Å². The van der Waals surface area contributed by atoms with E-state index < -0.39 is 0 Å². The fourth-order valence-electron chi connectivity index (χ4n) is 1.75. The largest absolute Gasteiger partial charge is 0.493 e. The van der Waals surface area contributed by atoms with Gasteiger partial charge >= 0.3 is 0 Å². The third kappa shape index (κ3) is 4.16. The van der Waals surface area contributed by atoms with E-state index in [9.17, 15) is 4.39 Å². The Kier molecular flexibility index (Phi) is 5.11. The van der Waals surface area contributed by atoms with Crippen LogP contribution in [0.25, 0.3) is 6.08 Å². The Morgan fingerprint density at radius 2 is 1.71 bits per heavy atom. The molecule has 0 radical (unpaired) electrons. The number of thioether (sulfide) groups is 1. The highest BCUT2D eigenvalue weighted by molar-refractivity contribution is 8.03. The maximum Gasteiger partial charge on any atom is 0.161 e. The summed E-state index contributed by atoms with van der Waals surface area (Å²) in [5.74, 6) is 1.18. The minimum Gasteiger partial charge on any atom is -0.493 e. The van der Waals surface area contributed by atoms with E-state index in [1.54, 1.807) is 56.7 Å². The number of methoxy groups -OCH3 is 2. The lowest BCUT2D eigenvalue weighted by Crippen LogP contribution is -1.90. The first-order chi connectivity index (χ1) is 10.1. The van der Waals surface area contributed by atoms with Crippen LogP contribution >= 0.6 is 11.8 Å². The van der Waals surface area contributed by atoms with E-state index in [1.165, 1.54) is 6.08 Å². The number of anilines is 1. The average Bonchev–Trinajstić information content (AvgIpc) is 2.49. The third-order valence-electron chi connectivity index (χ3n) is 2.78. The van der Waals surface area contributed by atoms with E-state index in [-0.39, 0.29) is 5.16 Å². The summed E-state index contributed by atoms with van der Waals surface area (Å²) >= 11 is 1.04. The molecule has 0 heterocycles. The Balaban J connectivity index is 2.16. The molecule has 0 saturated carbocycles. The molecular weight excluding hydrogens is 289 g/mol. The highest BCUT2D eigenvalue weighted by Gasteiger charge is 2.05. The minimum atomic E-state index is -0.313. The highest BCUT2D eigenvalue weighted by Crippen LogP contribution is 2.32. The van der Waals surface area contributed by atoms with Crippen molar-refractivity contribution in [2.75, 3.05) is 20.0 Å². The lowest BCUT2D eigenvalue weighted by atomic mass is 10.2. The normalized spacial score (nSPS) is 11.3. The van der Waals surface area contributed by atoms with E-state index in [2.05, 4.69) is 0 Å². The summed E-state index contributed by atoms with van der Waals surface area (Å²) in [6.07, 6.45) is 1.45. The predicted molar refractivity (Wildman–Crippen MR) is 85.3 cm³/mol. The number of ether oxygens (including phenoxy) is 2. The molecule has 0 atom stereocenters. The first kappa shape index (κ1) is 15.3. The number of nitrogen functional groups attached to an aromatic ring is 1. The van der Waals surface area contributed by atoms with Crippen LogP contribution in [0, 0.1) is 0 Å². The van der Waals surface area contributed by atoms with Gasteiger partial charge in [0.05, 0.1) is 14.2 Å². The van der Waals surface area contributed by atoms with Crippen molar-refractivity contribution < 1.29 is 13.9 Å². The van der Waals surface area contributed by atoms with Gasteiger partial charge in [0.1, 0.15) is 0 Å². The smallest absolute Gasteiger partial charge is 0.161 e. The molecule has 0 unspecified atom stereocenters. The number of benzene rings is 2. The second-order valence-corrected chi connectivity index (χ2v) is 5.30. The molecular formula is C16H16FNO2S. The van der Waals surface area contributed by atoms with Crippen molar-refractivity contribution in [1.29, 1.82) is 0 Å². The van der Waals surface area contributed by atoms with E-state index in [1.807, 2.05) is 0 Å². The molecule has 3 nitrogen and oxygen atoms in total. The number of hydrogen-bond donors (Lipinski definition) is 1. The fourth-order valence-corrected chi connectivity index (χ4v) is 2.44. The van der Waals surface area contributed by atoms with E-state index in [0.29, 0.717) is 22.7 Å². The van der Waals surface area contributed by atoms with Crippen LogP contribution in [-0.2, 0) is 0 Å². The zero-order valence-electron chi connectivity index (χ0n) is 11.8. The van der Waals surface area contributed by atoms with Crippen molar-refractivity contribution in [2.45, 2.75) is 4.90 Å². The van der Waals surface area contributed by atoms with Crippen molar-refractivity contribution in [3.05, 3.63) is 53.2 Å². The molecule has 5 heteroatoms. The van der Waals surface area contributed by atoms with Gasteiger partial charge in [-0.1, -0.05) is 17.8 Å². The maximum atomic E-state index is 14.0. The van der Waals surface area contributed by atoms with Crippen LogP contribution in [0.1, 0.15) is 5.56 Å². The third-order valence-corrected chi connectivity index (χ3v) is 3.60. The standard InChI is InChI=1S/C16H16FNO2S/c1-19-14-8-3-11(9-15(14)20-2)10-16(17)21-13-6-4-12(18)5-7-13/h3-10H,18H2,1-2H3/b16-10+. The van der Waals surface area contributed by atoms with Crippen molar-refractivity contribution in [1.82, 2.24) is 0 Å². The SMILES string of the molecule is COc1ccc(/C=C(\F)Sc2ccc(N)cc2)cc1OC. The van der Waals surface area contributed by atoms with E-state index >= 15 is 0 Å². The van der Waals surface area contributed by atoms with Crippen LogP contribution in [-0.4, -0.2) is 14.2 Å². The molecule has 2 rings (SSSR count). The molecule has 0 aliphatic heterocycles. The van der Waals surface area contributed by atoms with Crippen LogP contribution in [0.4, 0.5) is 10.1 Å². The topological polar surface area (TPSA) is 44.5 Å². The van der Waals surface area contributed by atoms with Gasteiger partial charge in [-0.05, 0) is 48.0 Å². The van der Waals surface area contributed by atoms with Gasteiger partial charge in [0.2, 0.25) is 0 Å². The quantitative estimate of drug-likeness (QED) is 0.659. The average molecular weight is 305 g/mol. The summed E-state index contributed by atoms with van der Waals surface area (Å²) in [7, 11) is 3.11. The molecule has 110 valence electrons. The Morgan fingerprint density at radius 3 is 2.33 bits per heavy atom. The van der Waals surface area contributed by atoms with Gasteiger partial charge in [0.25, 0.3) is 0 Å². The number of rotatable bonds is 5. The van der Waals surface area contributed by atoms with E-state index in [4.69, 9.17) is 15.2 Å². The van der Waals surface area contributed by atoms with Crippen molar-refractivity contribution in [3.63, 3.8) is 0 Å². The highest BCUT2D eigenvalue weighted by atomic mass is 32.2. The first-order valence-corrected chi connectivity index (χ1v) is 7.06. The Bertz CT molecular complexity index is 641. The fraction of sp³-hybridized carbons (Fsp3) is 0.125. The summed E-state index contributed by atoms with van der Waals surface area (Å²) < 4.78 is 24.4. The van der Waals surface area contributed by atoms with Crippen LogP contribution in [0.2, 0.25) is 0 Å². The zero-order chi connectivity index (χ0) is 15.2. The second kappa shape index (κ2) is 7.04. The number of hydrogen-bond acceptors (Lipinski definition) is 4. The summed E-state index contributed by atoms with van der Waals surface area (Å²) in [6, 6.07) is 12.3. The van der Waals surface area contributed by atoms with Crippen molar-refractivity contribution in [2.24, 2.45) is 0 Å². The molecule has 0 amide bonds. The summed E-state index contributed by atoms with van der Waals surface area (Å²) in [4.78, 5) is 0.790. The lowest BCUT2D eigenvalue weighted by Gasteiger charge is -2.07. The molecule has 0 bridgehead atoms. The zero-order valence-corrected chi connectivity index (χ0v) is 12.6. The predicted octanol–water partition coefficient (Wildman–Crippen LogP) is 4.35. The minimum absolute atomic E-state index is 0.313. The van der Waals surface area contributed by atoms with E-state index in [0.717, 1.165) is 16.7 Å².